The second kappa shape index (κ2) is 7.21. The number of nitrogen functional groups attached to an aromatic ring is 1. The highest BCUT2D eigenvalue weighted by atomic mass is 19.1. The molecule has 0 amide bonds. The number of halogens is 1. The predicted molar refractivity (Wildman–Crippen MR) is 74.7 cm³/mol. The van der Waals surface area contributed by atoms with Crippen molar-refractivity contribution in [1.82, 2.24) is 4.90 Å². The number of benzene rings is 1. The van der Waals surface area contributed by atoms with Crippen LogP contribution in [0.5, 0.6) is 0 Å². The monoisotopic (exact) mass is 267 g/mol. The van der Waals surface area contributed by atoms with Crippen LogP contribution in [0.4, 0.5) is 4.39 Å². The van der Waals surface area contributed by atoms with Crippen LogP contribution in [0.3, 0.4) is 0 Å². The van der Waals surface area contributed by atoms with E-state index in [1.165, 1.54) is 12.1 Å². The fourth-order valence-electron chi connectivity index (χ4n) is 1.93. The van der Waals surface area contributed by atoms with Gasteiger partial charge in [-0.3, -0.25) is 10.3 Å². The lowest BCUT2D eigenvalue weighted by molar-refractivity contribution is 0.184. The summed E-state index contributed by atoms with van der Waals surface area (Å²) in [6.07, 6.45) is 0.688. The van der Waals surface area contributed by atoms with Gasteiger partial charge in [-0.25, -0.2) is 4.39 Å². The summed E-state index contributed by atoms with van der Waals surface area (Å²) in [5, 5.41) is 16.3. The van der Waals surface area contributed by atoms with E-state index in [0.717, 1.165) is 12.1 Å². The highest BCUT2D eigenvalue weighted by Gasteiger charge is 2.11. The lowest BCUT2D eigenvalue weighted by Gasteiger charge is -2.26. The minimum absolute atomic E-state index is 0.132. The number of nitrogens with two attached hydrogens (primary N) is 1. The van der Waals surface area contributed by atoms with Crippen LogP contribution in [0.1, 0.15) is 31.4 Å². The molecule has 0 saturated carbocycles. The van der Waals surface area contributed by atoms with Crippen LogP contribution < -0.4 is 5.73 Å². The standard InChI is InChI=1S/C14H22FN3O/c1-10(2)18(4-3-5-19)9-11-6-12(14(16)17)8-13(15)7-11/h6-8,10,19H,3-5,9H2,1-2H3,(H3,16,17). The summed E-state index contributed by atoms with van der Waals surface area (Å²) in [5.41, 5.74) is 6.58. The average Bonchev–Trinajstić information content (AvgIpc) is 2.33. The summed E-state index contributed by atoms with van der Waals surface area (Å²) in [4.78, 5) is 2.15. The summed E-state index contributed by atoms with van der Waals surface area (Å²) in [6.45, 7) is 5.59. The van der Waals surface area contributed by atoms with Crippen molar-refractivity contribution in [3.63, 3.8) is 0 Å². The van der Waals surface area contributed by atoms with Crippen molar-refractivity contribution in [2.45, 2.75) is 32.9 Å². The zero-order valence-corrected chi connectivity index (χ0v) is 11.5. The number of hydrogen-bond acceptors (Lipinski definition) is 3. The number of aliphatic hydroxyl groups excluding tert-OH is 1. The van der Waals surface area contributed by atoms with Gasteiger partial charge in [0, 0.05) is 31.3 Å². The molecule has 1 aromatic carbocycles. The number of hydrogen-bond donors (Lipinski definition) is 3. The minimum Gasteiger partial charge on any atom is -0.396 e. The van der Waals surface area contributed by atoms with Crippen LogP contribution in [-0.4, -0.2) is 35.0 Å². The third kappa shape index (κ3) is 4.96. The highest BCUT2D eigenvalue weighted by molar-refractivity contribution is 5.95. The van der Waals surface area contributed by atoms with E-state index in [2.05, 4.69) is 18.7 Å². The van der Waals surface area contributed by atoms with Crippen molar-refractivity contribution >= 4 is 5.84 Å². The predicted octanol–water partition coefficient (Wildman–Crippen LogP) is 1.70. The summed E-state index contributed by atoms with van der Waals surface area (Å²) in [5.74, 6) is -0.513. The molecule has 0 fully saturated rings. The number of aliphatic hydroxyl groups is 1. The van der Waals surface area contributed by atoms with Crippen LogP contribution in [-0.2, 0) is 6.54 Å². The van der Waals surface area contributed by atoms with E-state index in [-0.39, 0.29) is 18.3 Å². The van der Waals surface area contributed by atoms with Gasteiger partial charge in [-0.05, 0) is 44.0 Å². The van der Waals surface area contributed by atoms with Crippen molar-refractivity contribution in [2.75, 3.05) is 13.2 Å². The number of nitrogens with zero attached hydrogens (tertiary/aromatic N) is 1. The molecular weight excluding hydrogens is 245 g/mol. The third-order valence-corrected chi connectivity index (χ3v) is 2.99. The van der Waals surface area contributed by atoms with Gasteiger partial charge in [0.2, 0.25) is 0 Å². The second-order valence-electron chi connectivity index (χ2n) is 4.90. The Morgan fingerprint density at radius 3 is 2.63 bits per heavy atom. The first-order chi connectivity index (χ1) is 8.93. The highest BCUT2D eigenvalue weighted by Crippen LogP contribution is 2.13. The van der Waals surface area contributed by atoms with Gasteiger partial charge >= 0.3 is 0 Å². The fourth-order valence-corrected chi connectivity index (χ4v) is 1.93. The SMILES string of the molecule is CC(C)N(CCCO)Cc1cc(F)cc(C(=N)N)c1. The zero-order valence-electron chi connectivity index (χ0n) is 11.5. The molecule has 1 aromatic rings. The molecule has 0 spiro atoms. The third-order valence-electron chi connectivity index (χ3n) is 2.99. The van der Waals surface area contributed by atoms with Crippen LogP contribution in [0.2, 0.25) is 0 Å². The number of amidine groups is 1. The van der Waals surface area contributed by atoms with Gasteiger partial charge in [-0.1, -0.05) is 0 Å². The molecule has 5 heteroatoms. The summed E-state index contributed by atoms with van der Waals surface area (Å²) < 4.78 is 13.5. The molecule has 4 nitrogen and oxygen atoms in total. The molecule has 0 radical (unpaired) electrons. The summed E-state index contributed by atoms with van der Waals surface area (Å²) in [7, 11) is 0. The van der Waals surface area contributed by atoms with E-state index in [9.17, 15) is 4.39 Å². The van der Waals surface area contributed by atoms with E-state index in [4.69, 9.17) is 16.2 Å². The van der Waals surface area contributed by atoms with Gasteiger partial charge in [0.1, 0.15) is 11.7 Å². The molecule has 4 N–H and O–H groups in total. The Morgan fingerprint density at radius 1 is 1.42 bits per heavy atom. The van der Waals surface area contributed by atoms with Crippen LogP contribution in [0, 0.1) is 11.2 Å². The summed E-state index contributed by atoms with van der Waals surface area (Å²) >= 11 is 0. The van der Waals surface area contributed by atoms with Crippen molar-refractivity contribution in [2.24, 2.45) is 5.73 Å². The van der Waals surface area contributed by atoms with E-state index in [1.54, 1.807) is 6.07 Å². The van der Waals surface area contributed by atoms with Crippen molar-refractivity contribution in [3.8, 4) is 0 Å². The molecule has 0 unspecified atom stereocenters. The van der Waals surface area contributed by atoms with Gasteiger partial charge in [0.25, 0.3) is 0 Å². The molecule has 0 saturated heterocycles. The Morgan fingerprint density at radius 2 is 2.11 bits per heavy atom. The van der Waals surface area contributed by atoms with Gasteiger partial charge in [-0.15, -0.1) is 0 Å². The van der Waals surface area contributed by atoms with Crippen molar-refractivity contribution in [1.29, 1.82) is 5.41 Å². The number of rotatable bonds is 7. The van der Waals surface area contributed by atoms with Gasteiger partial charge < -0.3 is 10.8 Å². The second-order valence-corrected chi connectivity index (χ2v) is 4.90. The van der Waals surface area contributed by atoms with E-state index >= 15 is 0 Å². The molecule has 0 aliphatic heterocycles. The summed E-state index contributed by atoms with van der Waals surface area (Å²) in [6, 6.07) is 4.76. The first-order valence-corrected chi connectivity index (χ1v) is 6.42. The Labute approximate surface area is 113 Å². The Hall–Kier alpha value is -1.46. The van der Waals surface area contributed by atoms with Crippen LogP contribution in [0.15, 0.2) is 18.2 Å². The first kappa shape index (κ1) is 15.6. The quantitative estimate of drug-likeness (QED) is 0.520. The van der Waals surface area contributed by atoms with E-state index in [0.29, 0.717) is 24.6 Å². The lowest BCUT2D eigenvalue weighted by atomic mass is 10.1. The molecule has 0 aliphatic carbocycles. The van der Waals surface area contributed by atoms with E-state index in [1.807, 2.05) is 0 Å². The topological polar surface area (TPSA) is 73.3 Å². The molecule has 19 heavy (non-hydrogen) atoms. The molecule has 1 rings (SSSR count). The zero-order chi connectivity index (χ0) is 14.4. The normalized spacial score (nSPS) is 11.3. The molecule has 0 aromatic heterocycles. The molecular formula is C14H22FN3O. The lowest BCUT2D eigenvalue weighted by Crippen LogP contribution is -2.32. The first-order valence-electron chi connectivity index (χ1n) is 6.42. The molecule has 0 bridgehead atoms. The average molecular weight is 267 g/mol. The molecule has 0 aliphatic rings. The van der Waals surface area contributed by atoms with Crippen LogP contribution in [0.25, 0.3) is 0 Å². The molecule has 0 heterocycles. The van der Waals surface area contributed by atoms with Gasteiger partial charge in [-0.2, -0.15) is 0 Å². The van der Waals surface area contributed by atoms with Gasteiger partial charge in [0.15, 0.2) is 0 Å². The van der Waals surface area contributed by atoms with Crippen molar-refractivity contribution < 1.29 is 9.50 Å². The molecule has 0 atom stereocenters. The van der Waals surface area contributed by atoms with Gasteiger partial charge in [0.05, 0.1) is 0 Å². The van der Waals surface area contributed by atoms with Crippen LogP contribution >= 0.6 is 0 Å². The maximum absolute atomic E-state index is 13.5. The number of nitrogens with one attached hydrogen (secondary N) is 1. The minimum atomic E-state index is -0.381. The molecule has 106 valence electrons. The smallest absolute Gasteiger partial charge is 0.124 e. The van der Waals surface area contributed by atoms with Crippen molar-refractivity contribution in [3.05, 3.63) is 35.1 Å². The fraction of sp³-hybridized carbons (Fsp3) is 0.500. The Kier molecular flexibility index (Phi) is 5.92. The maximum atomic E-state index is 13.5. The Balaban J connectivity index is 2.86. The van der Waals surface area contributed by atoms with E-state index < -0.39 is 0 Å². The maximum Gasteiger partial charge on any atom is 0.124 e. The largest absolute Gasteiger partial charge is 0.396 e. The Bertz CT molecular complexity index is 435.